The summed E-state index contributed by atoms with van der Waals surface area (Å²) in [6, 6.07) is 11.0. The highest BCUT2D eigenvalue weighted by atomic mass is 79.9. The zero-order valence-corrected chi connectivity index (χ0v) is 12.1. The zero-order valence-electron chi connectivity index (χ0n) is 10.5. The fourth-order valence-corrected chi connectivity index (χ4v) is 1.84. The second kappa shape index (κ2) is 6.34. The summed E-state index contributed by atoms with van der Waals surface area (Å²) >= 11 is 3.35. The summed E-state index contributed by atoms with van der Waals surface area (Å²) in [5, 5.41) is 0. The number of furan rings is 1. The summed E-state index contributed by atoms with van der Waals surface area (Å²) in [5.41, 5.74) is 1.37. The Balaban J connectivity index is 2.08. The summed E-state index contributed by atoms with van der Waals surface area (Å²) < 4.78 is 6.13. The minimum atomic E-state index is 0.0246. The van der Waals surface area contributed by atoms with Gasteiger partial charge in [-0.1, -0.05) is 28.1 Å². The van der Waals surface area contributed by atoms with Crippen molar-refractivity contribution in [2.24, 2.45) is 0 Å². The van der Waals surface area contributed by atoms with Crippen molar-refractivity contribution in [3.05, 3.63) is 76.2 Å². The highest BCUT2D eigenvalue weighted by Crippen LogP contribution is 2.14. The Hall–Kier alpha value is -1.87. The second-order valence-corrected chi connectivity index (χ2v) is 4.98. The molecule has 96 valence electrons. The molecule has 0 aliphatic rings. The lowest BCUT2D eigenvalue weighted by Crippen LogP contribution is -1.99. The van der Waals surface area contributed by atoms with Gasteiger partial charge in [0.25, 0.3) is 0 Å². The average molecular weight is 317 g/mol. The lowest BCUT2D eigenvalue weighted by molar-refractivity contribution is 0.103. The molecule has 0 unspecified atom stereocenters. The molecule has 2 rings (SSSR count). The fourth-order valence-electron chi connectivity index (χ4n) is 1.58. The van der Waals surface area contributed by atoms with Crippen molar-refractivity contribution in [3.8, 4) is 0 Å². The van der Waals surface area contributed by atoms with Gasteiger partial charge < -0.3 is 4.42 Å². The maximum atomic E-state index is 12.1. The lowest BCUT2D eigenvalue weighted by atomic mass is 10.0. The first-order valence-electron chi connectivity index (χ1n) is 5.85. The summed E-state index contributed by atoms with van der Waals surface area (Å²) in [6.45, 7) is 1.80. The van der Waals surface area contributed by atoms with Gasteiger partial charge in [-0.2, -0.15) is 0 Å². The van der Waals surface area contributed by atoms with Crippen LogP contribution in [0.2, 0.25) is 0 Å². The molecule has 0 saturated carbocycles. The first-order chi connectivity index (χ1) is 9.16. The van der Waals surface area contributed by atoms with E-state index in [0.717, 1.165) is 10.2 Å². The highest BCUT2D eigenvalue weighted by molar-refractivity contribution is 9.10. The van der Waals surface area contributed by atoms with Gasteiger partial charge in [-0.05, 0) is 55.0 Å². The Morgan fingerprint density at radius 2 is 1.95 bits per heavy atom. The van der Waals surface area contributed by atoms with Gasteiger partial charge in [-0.15, -0.1) is 0 Å². The van der Waals surface area contributed by atoms with Crippen molar-refractivity contribution >= 4 is 27.8 Å². The molecule has 0 bridgehead atoms. The largest absolute Gasteiger partial charge is 0.465 e. The molecule has 0 radical (unpaired) electrons. The number of hydrogen-bond donors (Lipinski definition) is 0. The molecule has 0 spiro atoms. The van der Waals surface area contributed by atoms with Gasteiger partial charge >= 0.3 is 0 Å². The smallest absolute Gasteiger partial charge is 0.188 e. The number of allylic oxidation sites excluding steroid dienone is 3. The van der Waals surface area contributed by atoms with Crippen molar-refractivity contribution in [2.45, 2.75) is 6.92 Å². The van der Waals surface area contributed by atoms with Gasteiger partial charge in [0.15, 0.2) is 5.78 Å². The Labute approximate surface area is 120 Å². The number of Topliss-reactive ketones (excluding diaryl/α,β-unsaturated/α-hetero) is 1. The fraction of sp³-hybridized carbons (Fsp3) is 0.0625. The normalized spacial score (nSPS) is 12.0. The molecule has 1 aromatic heterocycles. The molecule has 0 fully saturated rings. The van der Waals surface area contributed by atoms with Crippen LogP contribution >= 0.6 is 15.9 Å². The molecule has 2 nitrogen and oxygen atoms in total. The molecule has 0 aliphatic carbocycles. The molecule has 1 aromatic carbocycles. The summed E-state index contributed by atoms with van der Waals surface area (Å²) in [7, 11) is 0. The maximum Gasteiger partial charge on any atom is 0.188 e. The molecule has 0 N–H and O–H groups in total. The Morgan fingerprint density at radius 3 is 2.58 bits per heavy atom. The molecule has 1 heterocycles. The molecule has 0 atom stereocenters. The molecule has 2 aromatic rings. The van der Waals surface area contributed by atoms with Crippen LogP contribution in [0.5, 0.6) is 0 Å². The highest BCUT2D eigenvalue weighted by Gasteiger charge is 2.06. The third-order valence-electron chi connectivity index (χ3n) is 2.61. The van der Waals surface area contributed by atoms with E-state index in [2.05, 4.69) is 15.9 Å². The standard InChI is InChI=1S/C16H13BrO2/c1-12(4-2-5-15-6-3-11-19-15)16(18)13-7-9-14(17)10-8-13/h2-11H,1H3. The van der Waals surface area contributed by atoms with Crippen LogP contribution in [0.25, 0.3) is 6.08 Å². The van der Waals surface area contributed by atoms with E-state index in [1.54, 1.807) is 31.4 Å². The van der Waals surface area contributed by atoms with E-state index in [1.807, 2.05) is 36.4 Å². The molecule has 19 heavy (non-hydrogen) atoms. The van der Waals surface area contributed by atoms with Crippen LogP contribution in [0, 0.1) is 0 Å². The van der Waals surface area contributed by atoms with Crippen LogP contribution < -0.4 is 0 Å². The SMILES string of the molecule is CC(=CC=Cc1ccco1)C(=O)c1ccc(Br)cc1. The van der Waals surface area contributed by atoms with E-state index in [-0.39, 0.29) is 5.78 Å². The van der Waals surface area contributed by atoms with Crippen molar-refractivity contribution in [3.63, 3.8) is 0 Å². The van der Waals surface area contributed by atoms with Crippen LogP contribution in [-0.4, -0.2) is 5.78 Å². The number of carbonyl (C=O) groups is 1. The predicted octanol–water partition coefficient (Wildman–Crippen LogP) is 4.88. The topological polar surface area (TPSA) is 30.2 Å². The third kappa shape index (κ3) is 3.80. The number of carbonyl (C=O) groups excluding carboxylic acids is 1. The predicted molar refractivity (Wildman–Crippen MR) is 80.0 cm³/mol. The minimum Gasteiger partial charge on any atom is -0.465 e. The number of rotatable bonds is 4. The molecular weight excluding hydrogens is 304 g/mol. The zero-order chi connectivity index (χ0) is 13.7. The quantitative estimate of drug-likeness (QED) is 0.457. The molecule has 0 saturated heterocycles. The van der Waals surface area contributed by atoms with Crippen molar-refractivity contribution < 1.29 is 9.21 Å². The Bertz CT molecular complexity index is 605. The van der Waals surface area contributed by atoms with Gasteiger partial charge in [0.1, 0.15) is 5.76 Å². The van der Waals surface area contributed by atoms with Gasteiger partial charge in [0.2, 0.25) is 0 Å². The van der Waals surface area contributed by atoms with Crippen LogP contribution in [0.1, 0.15) is 23.0 Å². The number of hydrogen-bond acceptors (Lipinski definition) is 2. The van der Waals surface area contributed by atoms with E-state index < -0.39 is 0 Å². The number of benzene rings is 1. The summed E-state index contributed by atoms with van der Waals surface area (Å²) in [5.74, 6) is 0.789. The second-order valence-electron chi connectivity index (χ2n) is 4.06. The van der Waals surface area contributed by atoms with Crippen LogP contribution in [0.4, 0.5) is 0 Å². The lowest BCUT2D eigenvalue weighted by Gasteiger charge is -2.00. The molecule has 0 amide bonds. The first kappa shape index (κ1) is 13.6. The summed E-state index contributed by atoms with van der Waals surface area (Å²) in [6.07, 6.45) is 7.03. The summed E-state index contributed by atoms with van der Waals surface area (Å²) in [4.78, 5) is 12.1. The van der Waals surface area contributed by atoms with Gasteiger partial charge in [0.05, 0.1) is 6.26 Å². The van der Waals surface area contributed by atoms with E-state index in [9.17, 15) is 4.79 Å². The van der Waals surface area contributed by atoms with E-state index in [4.69, 9.17) is 4.42 Å². The van der Waals surface area contributed by atoms with E-state index in [1.165, 1.54) is 0 Å². The van der Waals surface area contributed by atoms with Crippen LogP contribution in [-0.2, 0) is 0 Å². The molecule has 3 heteroatoms. The third-order valence-corrected chi connectivity index (χ3v) is 3.14. The average Bonchev–Trinajstić information content (AvgIpc) is 2.92. The van der Waals surface area contributed by atoms with Crippen molar-refractivity contribution in [1.82, 2.24) is 0 Å². The van der Waals surface area contributed by atoms with Crippen LogP contribution in [0.3, 0.4) is 0 Å². The van der Waals surface area contributed by atoms with Gasteiger partial charge in [-0.25, -0.2) is 0 Å². The van der Waals surface area contributed by atoms with Crippen molar-refractivity contribution in [1.29, 1.82) is 0 Å². The Kier molecular flexibility index (Phi) is 4.53. The maximum absolute atomic E-state index is 12.1. The minimum absolute atomic E-state index is 0.0246. The van der Waals surface area contributed by atoms with Gasteiger partial charge in [-0.3, -0.25) is 4.79 Å². The van der Waals surface area contributed by atoms with E-state index >= 15 is 0 Å². The van der Waals surface area contributed by atoms with Crippen molar-refractivity contribution in [2.75, 3.05) is 0 Å². The van der Waals surface area contributed by atoms with E-state index in [0.29, 0.717) is 11.1 Å². The van der Waals surface area contributed by atoms with Crippen LogP contribution in [0.15, 0.2) is 69.3 Å². The monoisotopic (exact) mass is 316 g/mol. The first-order valence-corrected chi connectivity index (χ1v) is 6.65. The van der Waals surface area contributed by atoms with Gasteiger partial charge in [0, 0.05) is 10.0 Å². The molecular formula is C16H13BrO2. The number of ketones is 1. The molecule has 0 aliphatic heterocycles. The number of halogens is 1. The Morgan fingerprint density at radius 1 is 1.21 bits per heavy atom.